The van der Waals surface area contributed by atoms with Gasteiger partial charge in [0.25, 0.3) is 11.2 Å². The molecule has 0 bridgehead atoms. The highest BCUT2D eigenvalue weighted by atomic mass is 16.6. The molecule has 5 aromatic rings. The molecule has 1 aliphatic heterocycles. The van der Waals surface area contributed by atoms with Crippen LogP contribution in [-0.4, -0.2) is 18.6 Å². The summed E-state index contributed by atoms with van der Waals surface area (Å²) in [5.41, 5.74) is 5.50. The smallest absolute Gasteiger partial charge is 0.331 e. The van der Waals surface area contributed by atoms with E-state index >= 15 is 0 Å². The number of nitro benzene ring substituents is 1. The number of nitrogens with zero attached hydrogens (tertiary/aromatic N) is 4. The normalized spacial score (nSPS) is 14.2. The van der Waals surface area contributed by atoms with Crippen LogP contribution >= 0.6 is 0 Å². The molecule has 0 radical (unpaired) electrons. The van der Waals surface area contributed by atoms with Crippen LogP contribution in [0.3, 0.4) is 0 Å². The second-order valence-corrected chi connectivity index (χ2v) is 9.31. The van der Waals surface area contributed by atoms with E-state index < -0.39 is 16.7 Å². The van der Waals surface area contributed by atoms with Gasteiger partial charge in [-0.15, -0.1) is 0 Å². The molecular formula is C28H23N5O4. The number of para-hydroxylation sites is 2. The molecular weight excluding hydrogens is 470 g/mol. The van der Waals surface area contributed by atoms with Gasteiger partial charge in [0.05, 0.1) is 44.6 Å². The fourth-order valence-corrected chi connectivity index (χ4v) is 5.24. The average Bonchev–Trinajstić information content (AvgIpc) is 3.27. The molecule has 2 aromatic heterocycles. The molecule has 6 rings (SSSR count). The molecule has 3 heterocycles. The molecule has 0 amide bonds. The molecule has 37 heavy (non-hydrogen) atoms. The first-order valence-electron chi connectivity index (χ1n) is 11.8. The summed E-state index contributed by atoms with van der Waals surface area (Å²) >= 11 is 0. The monoisotopic (exact) mass is 493 g/mol. The maximum Gasteiger partial charge on any atom is 0.331 e. The lowest BCUT2D eigenvalue weighted by molar-refractivity contribution is -0.384. The van der Waals surface area contributed by atoms with E-state index in [1.165, 1.54) is 23.7 Å². The van der Waals surface area contributed by atoms with Crippen molar-refractivity contribution in [1.29, 1.82) is 0 Å². The number of anilines is 1. The van der Waals surface area contributed by atoms with Crippen molar-refractivity contribution in [3.05, 3.63) is 121 Å². The highest BCUT2D eigenvalue weighted by Crippen LogP contribution is 2.45. The van der Waals surface area contributed by atoms with E-state index in [4.69, 9.17) is 0 Å². The molecule has 0 saturated heterocycles. The van der Waals surface area contributed by atoms with E-state index in [1.807, 2.05) is 60.0 Å². The van der Waals surface area contributed by atoms with Gasteiger partial charge in [-0.05, 0) is 42.3 Å². The Labute approximate surface area is 211 Å². The number of benzene rings is 3. The fraction of sp³-hybridized carbons (Fsp3) is 0.143. The Hall–Kier alpha value is -4.92. The quantitative estimate of drug-likeness (QED) is 0.296. The number of rotatable bonds is 3. The molecule has 1 atom stereocenters. The Bertz CT molecular complexity index is 1840. The highest BCUT2D eigenvalue weighted by molar-refractivity contribution is 5.99. The second-order valence-electron chi connectivity index (χ2n) is 9.31. The van der Waals surface area contributed by atoms with Crippen molar-refractivity contribution in [2.75, 3.05) is 5.32 Å². The first kappa shape index (κ1) is 22.5. The third kappa shape index (κ3) is 3.24. The lowest BCUT2D eigenvalue weighted by atomic mass is 9.99. The molecule has 3 aromatic carbocycles. The van der Waals surface area contributed by atoms with E-state index in [0.29, 0.717) is 16.6 Å². The Morgan fingerprint density at radius 3 is 2.24 bits per heavy atom. The topological polar surface area (TPSA) is 104 Å². The molecule has 1 aliphatic rings. The molecule has 0 saturated carbocycles. The Morgan fingerprint density at radius 2 is 1.57 bits per heavy atom. The summed E-state index contributed by atoms with van der Waals surface area (Å²) < 4.78 is 4.69. The van der Waals surface area contributed by atoms with Crippen LogP contribution in [0.4, 0.5) is 11.4 Å². The van der Waals surface area contributed by atoms with Crippen LogP contribution in [0.5, 0.6) is 0 Å². The van der Waals surface area contributed by atoms with Crippen molar-refractivity contribution >= 4 is 22.3 Å². The van der Waals surface area contributed by atoms with Gasteiger partial charge in [-0.3, -0.25) is 24.0 Å². The van der Waals surface area contributed by atoms with Crippen molar-refractivity contribution in [3.8, 4) is 16.9 Å². The minimum absolute atomic E-state index is 0.0122. The summed E-state index contributed by atoms with van der Waals surface area (Å²) in [4.78, 5) is 37.6. The van der Waals surface area contributed by atoms with Crippen molar-refractivity contribution in [2.24, 2.45) is 14.1 Å². The molecule has 184 valence electrons. The second kappa shape index (κ2) is 8.06. The zero-order chi connectivity index (χ0) is 26.0. The standard InChI is InChI=1S/C28H23N5O4/c1-16-8-10-18(11-9-16)24-22-25(30(2)28(35)31(3)27(22)34)26-23(17-12-14-19(15-13-17)33(36)37)29-20-6-4-5-7-21(20)32(24)26/h4-15,23,29H,1-3H3/t23-/m0/s1. The zero-order valence-electron chi connectivity index (χ0n) is 20.4. The van der Waals surface area contributed by atoms with Gasteiger partial charge < -0.3 is 9.88 Å². The highest BCUT2D eigenvalue weighted by Gasteiger charge is 2.34. The van der Waals surface area contributed by atoms with Gasteiger partial charge in [0, 0.05) is 26.2 Å². The number of non-ortho nitro benzene ring substituents is 1. The number of nitrogens with one attached hydrogen (secondary N) is 1. The van der Waals surface area contributed by atoms with E-state index in [9.17, 15) is 19.7 Å². The Balaban J connectivity index is 1.80. The fourth-order valence-electron chi connectivity index (χ4n) is 5.24. The van der Waals surface area contributed by atoms with Crippen LogP contribution in [0.15, 0.2) is 82.4 Å². The maximum atomic E-state index is 13.7. The van der Waals surface area contributed by atoms with E-state index in [1.54, 1.807) is 19.2 Å². The van der Waals surface area contributed by atoms with Crippen LogP contribution < -0.4 is 16.6 Å². The minimum Gasteiger partial charge on any atom is -0.371 e. The van der Waals surface area contributed by atoms with Crippen molar-refractivity contribution in [1.82, 2.24) is 13.7 Å². The van der Waals surface area contributed by atoms with Gasteiger partial charge in [-0.1, -0.05) is 42.0 Å². The third-order valence-corrected chi connectivity index (χ3v) is 7.09. The minimum atomic E-state index is -0.477. The van der Waals surface area contributed by atoms with Gasteiger partial charge in [0.1, 0.15) is 0 Å². The predicted octanol–water partition coefficient (Wildman–Crippen LogP) is 4.43. The van der Waals surface area contributed by atoms with E-state index in [2.05, 4.69) is 5.32 Å². The van der Waals surface area contributed by atoms with Crippen LogP contribution in [-0.2, 0) is 14.1 Å². The van der Waals surface area contributed by atoms with Gasteiger partial charge in [0.15, 0.2) is 0 Å². The van der Waals surface area contributed by atoms with E-state index in [0.717, 1.165) is 38.3 Å². The Kier molecular flexibility index (Phi) is 4.91. The average molecular weight is 494 g/mol. The lowest BCUT2D eigenvalue weighted by Gasteiger charge is -2.31. The van der Waals surface area contributed by atoms with E-state index in [-0.39, 0.29) is 11.2 Å². The number of aryl methyl sites for hydroxylation is 2. The van der Waals surface area contributed by atoms with Gasteiger partial charge in [-0.25, -0.2) is 4.79 Å². The number of fused-ring (bicyclic) bond motifs is 5. The Morgan fingerprint density at radius 1 is 0.892 bits per heavy atom. The lowest BCUT2D eigenvalue weighted by Crippen LogP contribution is -2.37. The van der Waals surface area contributed by atoms with Gasteiger partial charge >= 0.3 is 5.69 Å². The largest absolute Gasteiger partial charge is 0.371 e. The molecule has 0 aliphatic carbocycles. The number of nitro groups is 1. The molecule has 1 N–H and O–H groups in total. The van der Waals surface area contributed by atoms with Crippen LogP contribution in [0.1, 0.15) is 22.9 Å². The maximum absolute atomic E-state index is 13.7. The summed E-state index contributed by atoms with van der Waals surface area (Å²) in [5, 5.41) is 15.3. The van der Waals surface area contributed by atoms with Crippen molar-refractivity contribution in [3.63, 3.8) is 0 Å². The molecule has 0 fully saturated rings. The SMILES string of the molecule is Cc1ccc(-c2c3c(=O)n(C)c(=O)n(C)c3c3n2-c2ccccc2N[C@H]3c2ccc([N+](=O)[O-])cc2)cc1. The molecule has 9 nitrogen and oxygen atoms in total. The van der Waals surface area contributed by atoms with Gasteiger partial charge in [-0.2, -0.15) is 0 Å². The molecule has 0 spiro atoms. The summed E-state index contributed by atoms with van der Waals surface area (Å²) in [6, 6.07) is 21.6. The third-order valence-electron chi connectivity index (χ3n) is 7.09. The van der Waals surface area contributed by atoms with Crippen molar-refractivity contribution in [2.45, 2.75) is 13.0 Å². The van der Waals surface area contributed by atoms with Crippen LogP contribution in [0.2, 0.25) is 0 Å². The number of hydrogen-bond donors (Lipinski definition) is 1. The van der Waals surface area contributed by atoms with Crippen LogP contribution in [0, 0.1) is 17.0 Å². The summed E-state index contributed by atoms with van der Waals surface area (Å²) in [5.74, 6) is 0. The zero-order valence-corrected chi connectivity index (χ0v) is 20.4. The molecule has 0 unspecified atom stereocenters. The van der Waals surface area contributed by atoms with Gasteiger partial charge in [0.2, 0.25) is 0 Å². The first-order chi connectivity index (χ1) is 17.8. The predicted molar refractivity (Wildman–Crippen MR) is 142 cm³/mol. The number of hydrogen-bond acceptors (Lipinski definition) is 5. The summed E-state index contributed by atoms with van der Waals surface area (Å²) in [6.07, 6.45) is 0. The summed E-state index contributed by atoms with van der Waals surface area (Å²) in [7, 11) is 3.15. The molecule has 9 heteroatoms. The summed E-state index contributed by atoms with van der Waals surface area (Å²) in [6.45, 7) is 2.00. The van der Waals surface area contributed by atoms with Crippen molar-refractivity contribution < 1.29 is 4.92 Å². The number of aromatic nitrogens is 3. The van der Waals surface area contributed by atoms with Crippen LogP contribution in [0.25, 0.3) is 27.8 Å². The first-order valence-corrected chi connectivity index (χ1v) is 11.8.